The molecule has 2 heterocycles. The van der Waals surface area contributed by atoms with Gasteiger partial charge < -0.3 is 5.32 Å². The van der Waals surface area contributed by atoms with Crippen LogP contribution in [0.1, 0.15) is 43.4 Å². The van der Waals surface area contributed by atoms with Gasteiger partial charge in [-0.3, -0.25) is 4.68 Å². The van der Waals surface area contributed by atoms with Gasteiger partial charge in [-0.15, -0.1) is 11.8 Å². The second-order valence-electron chi connectivity index (χ2n) is 5.72. The predicted octanol–water partition coefficient (Wildman–Crippen LogP) is 3.83. The van der Waals surface area contributed by atoms with Gasteiger partial charge in [-0.05, 0) is 31.5 Å². The summed E-state index contributed by atoms with van der Waals surface area (Å²) in [5.41, 5.74) is 2.76. The number of hydrogen-bond donors (Lipinski definition) is 1. The van der Waals surface area contributed by atoms with Crippen LogP contribution in [0.25, 0.3) is 0 Å². The Morgan fingerprint density at radius 3 is 3.14 bits per heavy atom. The van der Waals surface area contributed by atoms with E-state index in [1.54, 1.807) is 0 Å². The lowest BCUT2D eigenvalue weighted by atomic mass is 10.0. The van der Waals surface area contributed by atoms with Gasteiger partial charge in [0.2, 0.25) is 0 Å². The fraction of sp³-hybridized carbons (Fsp3) is 0.471. The van der Waals surface area contributed by atoms with Gasteiger partial charge in [0.05, 0.1) is 6.20 Å². The lowest BCUT2D eigenvalue weighted by Gasteiger charge is -2.12. The molecule has 1 aliphatic heterocycles. The minimum atomic E-state index is 0.379. The molecule has 0 bridgehead atoms. The molecule has 0 fully saturated rings. The first kappa shape index (κ1) is 14.7. The van der Waals surface area contributed by atoms with E-state index < -0.39 is 0 Å². The molecule has 0 aliphatic carbocycles. The van der Waals surface area contributed by atoms with Gasteiger partial charge in [-0.1, -0.05) is 25.1 Å². The predicted molar refractivity (Wildman–Crippen MR) is 88.8 cm³/mol. The second-order valence-corrected chi connectivity index (χ2v) is 6.78. The number of hydrogen-bond acceptors (Lipinski definition) is 3. The Balaban J connectivity index is 1.66. The normalized spacial score (nSPS) is 18.7. The van der Waals surface area contributed by atoms with Crippen LogP contribution in [0.5, 0.6) is 0 Å². The molecule has 0 saturated heterocycles. The van der Waals surface area contributed by atoms with Gasteiger partial charge in [0.25, 0.3) is 0 Å². The van der Waals surface area contributed by atoms with Crippen LogP contribution < -0.4 is 5.32 Å². The first-order valence-electron chi connectivity index (χ1n) is 7.75. The van der Waals surface area contributed by atoms with Crippen molar-refractivity contribution in [2.45, 2.75) is 43.7 Å². The lowest BCUT2D eigenvalue weighted by Crippen LogP contribution is -2.18. The second kappa shape index (κ2) is 6.67. The maximum atomic E-state index is 4.55. The summed E-state index contributed by atoms with van der Waals surface area (Å²) >= 11 is 1.97. The Morgan fingerprint density at radius 1 is 1.43 bits per heavy atom. The third-order valence-corrected chi connectivity index (χ3v) is 5.31. The summed E-state index contributed by atoms with van der Waals surface area (Å²) in [6.45, 7) is 6.43. The molecular weight excluding hydrogens is 278 g/mol. The molecule has 3 nitrogen and oxygen atoms in total. The first-order valence-corrected chi connectivity index (χ1v) is 8.74. The van der Waals surface area contributed by atoms with Gasteiger partial charge in [0.1, 0.15) is 0 Å². The van der Waals surface area contributed by atoms with E-state index in [9.17, 15) is 0 Å². The van der Waals surface area contributed by atoms with E-state index in [-0.39, 0.29) is 0 Å². The summed E-state index contributed by atoms with van der Waals surface area (Å²) in [6, 6.07) is 9.13. The van der Waals surface area contributed by atoms with Crippen LogP contribution in [-0.4, -0.2) is 22.1 Å². The highest BCUT2D eigenvalue weighted by Crippen LogP contribution is 2.39. The molecule has 1 N–H and O–H groups in total. The summed E-state index contributed by atoms with van der Waals surface area (Å²) in [5.74, 6) is 1.75. The van der Waals surface area contributed by atoms with Crippen molar-refractivity contribution in [2.75, 3.05) is 12.3 Å². The lowest BCUT2D eigenvalue weighted by molar-refractivity contribution is 0.544. The number of fused-ring (bicyclic) bond motifs is 1. The third kappa shape index (κ3) is 3.33. The molecule has 2 atom stereocenters. The van der Waals surface area contributed by atoms with Crippen molar-refractivity contribution in [3.05, 3.63) is 47.8 Å². The van der Waals surface area contributed by atoms with Crippen LogP contribution >= 0.6 is 11.8 Å². The van der Waals surface area contributed by atoms with Crippen LogP contribution in [-0.2, 0) is 6.54 Å². The van der Waals surface area contributed by atoms with Crippen molar-refractivity contribution >= 4 is 11.8 Å². The van der Waals surface area contributed by atoms with Crippen molar-refractivity contribution in [1.82, 2.24) is 15.1 Å². The minimum Gasteiger partial charge on any atom is -0.310 e. The van der Waals surface area contributed by atoms with E-state index in [1.807, 2.05) is 18.0 Å². The standard InChI is InChI=1S/C17H23N3S/c1-3-8-18-13(2)14-9-19-20(10-14)11-15-12-21-17-7-5-4-6-16(15)17/h4-7,9-10,13,15,18H,3,8,11-12H2,1-2H3. The fourth-order valence-electron chi connectivity index (χ4n) is 2.79. The minimum absolute atomic E-state index is 0.379. The van der Waals surface area contributed by atoms with Gasteiger partial charge in [0, 0.05) is 40.9 Å². The first-order chi connectivity index (χ1) is 10.3. The average Bonchev–Trinajstić information content (AvgIpc) is 3.13. The van der Waals surface area contributed by atoms with E-state index >= 15 is 0 Å². The topological polar surface area (TPSA) is 29.9 Å². The van der Waals surface area contributed by atoms with Crippen molar-refractivity contribution in [2.24, 2.45) is 0 Å². The molecule has 112 valence electrons. The van der Waals surface area contributed by atoms with E-state index in [0.717, 1.165) is 25.3 Å². The van der Waals surface area contributed by atoms with E-state index in [2.05, 4.69) is 59.4 Å². The fourth-order valence-corrected chi connectivity index (χ4v) is 4.03. The number of benzene rings is 1. The number of rotatable bonds is 6. The molecule has 2 unspecified atom stereocenters. The number of thioether (sulfide) groups is 1. The molecule has 3 rings (SSSR count). The van der Waals surface area contributed by atoms with Gasteiger partial charge >= 0.3 is 0 Å². The van der Waals surface area contributed by atoms with Crippen molar-refractivity contribution < 1.29 is 0 Å². The molecular formula is C17H23N3S. The Morgan fingerprint density at radius 2 is 2.29 bits per heavy atom. The van der Waals surface area contributed by atoms with E-state index in [0.29, 0.717) is 12.0 Å². The smallest absolute Gasteiger partial charge is 0.0537 e. The van der Waals surface area contributed by atoms with Gasteiger partial charge in [0.15, 0.2) is 0 Å². The zero-order valence-corrected chi connectivity index (χ0v) is 13.6. The van der Waals surface area contributed by atoms with Crippen LogP contribution in [0.2, 0.25) is 0 Å². The molecule has 21 heavy (non-hydrogen) atoms. The van der Waals surface area contributed by atoms with Crippen LogP contribution in [0, 0.1) is 0 Å². The molecule has 1 aromatic carbocycles. The highest BCUT2D eigenvalue weighted by molar-refractivity contribution is 7.99. The van der Waals surface area contributed by atoms with Gasteiger partial charge in [-0.25, -0.2) is 0 Å². The number of nitrogens with one attached hydrogen (secondary N) is 1. The Bertz CT molecular complexity index is 593. The van der Waals surface area contributed by atoms with Crippen LogP contribution in [0.15, 0.2) is 41.6 Å². The molecule has 1 aromatic heterocycles. The highest BCUT2D eigenvalue weighted by atomic mass is 32.2. The molecule has 4 heteroatoms. The molecule has 0 radical (unpaired) electrons. The molecule has 0 amide bonds. The van der Waals surface area contributed by atoms with Crippen molar-refractivity contribution in [3.8, 4) is 0 Å². The Hall–Kier alpha value is -1.26. The molecule has 0 saturated carbocycles. The van der Waals surface area contributed by atoms with Crippen molar-refractivity contribution in [3.63, 3.8) is 0 Å². The number of nitrogens with zero attached hydrogens (tertiary/aromatic N) is 2. The zero-order chi connectivity index (χ0) is 14.7. The monoisotopic (exact) mass is 301 g/mol. The summed E-state index contributed by atoms with van der Waals surface area (Å²) in [4.78, 5) is 1.44. The average molecular weight is 301 g/mol. The summed E-state index contributed by atoms with van der Waals surface area (Å²) in [7, 11) is 0. The summed E-state index contributed by atoms with van der Waals surface area (Å²) in [6.07, 6.45) is 5.36. The van der Waals surface area contributed by atoms with Crippen LogP contribution in [0.3, 0.4) is 0 Å². The van der Waals surface area contributed by atoms with Gasteiger partial charge in [-0.2, -0.15) is 5.10 Å². The number of aromatic nitrogens is 2. The zero-order valence-electron chi connectivity index (χ0n) is 12.7. The van der Waals surface area contributed by atoms with Crippen molar-refractivity contribution in [1.29, 1.82) is 0 Å². The highest BCUT2D eigenvalue weighted by Gasteiger charge is 2.23. The third-order valence-electron chi connectivity index (χ3n) is 4.06. The summed E-state index contributed by atoms with van der Waals surface area (Å²) in [5, 5.41) is 8.06. The SMILES string of the molecule is CCCNC(C)c1cnn(CC2CSc3ccccc32)c1. The quantitative estimate of drug-likeness (QED) is 0.879. The maximum Gasteiger partial charge on any atom is 0.0537 e. The Kier molecular flexibility index (Phi) is 4.66. The summed E-state index contributed by atoms with van der Waals surface area (Å²) < 4.78 is 2.10. The van der Waals surface area contributed by atoms with Crippen LogP contribution in [0.4, 0.5) is 0 Å². The largest absolute Gasteiger partial charge is 0.310 e. The molecule has 0 spiro atoms. The molecule has 1 aliphatic rings. The van der Waals surface area contributed by atoms with E-state index in [1.165, 1.54) is 16.0 Å². The maximum absolute atomic E-state index is 4.55. The molecule has 2 aromatic rings. The Labute approximate surface area is 131 Å². The van der Waals surface area contributed by atoms with E-state index in [4.69, 9.17) is 0 Å².